The van der Waals surface area contributed by atoms with Gasteiger partial charge in [-0.2, -0.15) is 5.10 Å². The Kier molecular flexibility index (Phi) is 5.07. The largest absolute Gasteiger partial charge is 0.348 e. The summed E-state index contributed by atoms with van der Waals surface area (Å²) in [5, 5.41) is 9.73. The average Bonchev–Trinajstić information content (AvgIpc) is 3.00. The van der Waals surface area contributed by atoms with E-state index in [1.165, 1.54) is 0 Å². The third kappa shape index (κ3) is 3.94. The molecule has 3 rings (SSSR count). The van der Waals surface area contributed by atoms with Crippen molar-refractivity contribution in [3.8, 4) is 0 Å². The van der Waals surface area contributed by atoms with Crippen molar-refractivity contribution in [1.29, 1.82) is 0 Å². The van der Waals surface area contributed by atoms with Crippen LogP contribution >= 0.6 is 0 Å². The van der Waals surface area contributed by atoms with Crippen molar-refractivity contribution in [3.05, 3.63) is 77.4 Å². The SMILES string of the molecule is Cc1c(C(=O)NCc2cccc(C(=O)Nc3ccncc3)c2)cnn1C. The molecule has 0 aliphatic rings. The van der Waals surface area contributed by atoms with Gasteiger partial charge in [-0.1, -0.05) is 12.1 Å². The molecule has 7 heteroatoms. The fraction of sp³-hybridized carbons (Fsp3) is 0.158. The van der Waals surface area contributed by atoms with Gasteiger partial charge in [-0.05, 0) is 36.8 Å². The van der Waals surface area contributed by atoms with E-state index in [2.05, 4.69) is 20.7 Å². The zero-order valence-corrected chi connectivity index (χ0v) is 14.6. The third-order valence-corrected chi connectivity index (χ3v) is 4.06. The van der Waals surface area contributed by atoms with Gasteiger partial charge in [0.15, 0.2) is 0 Å². The molecule has 0 bridgehead atoms. The molecule has 3 aromatic rings. The normalized spacial score (nSPS) is 10.4. The first-order chi connectivity index (χ1) is 12.5. The molecule has 26 heavy (non-hydrogen) atoms. The number of aryl methyl sites for hydroxylation is 1. The topological polar surface area (TPSA) is 88.9 Å². The molecule has 0 saturated heterocycles. The van der Waals surface area contributed by atoms with Crippen molar-refractivity contribution < 1.29 is 9.59 Å². The summed E-state index contributed by atoms with van der Waals surface area (Å²) in [5.41, 5.74) is 3.37. The Bertz CT molecular complexity index is 934. The molecule has 0 atom stereocenters. The number of aromatic nitrogens is 3. The van der Waals surface area contributed by atoms with Gasteiger partial charge >= 0.3 is 0 Å². The second-order valence-electron chi connectivity index (χ2n) is 5.84. The predicted molar refractivity (Wildman–Crippen MR) is 97.7 cm³/mol. The van der Waals surface area contributed by atoms with Gasteiger partial charge in [0.2, 0.25) is 0 Å². The van der Waals surface area contributed by atoms with E-state index in [9.17, 15) is 9.59 Å². The Balaban J connectivity index is 1.65. The van der Waals surface area contributed by atoms with Gasteiger partial charge in [0.1, 0.15) is 0 Å². The van der Waals surface area contributed by atoms with Crippen LogP contribution in [0.5, 0.6) is 0 Å². The average molecular weight is 349 g/mol. The minimum absolute atomic E-state index is 0.192. The fourth-order valence-corrected chi connectivity index (χ4v) is 2.46. The molecular formula is C19H19N5O2. The van der Waals surface area contributed by atoms with E-state index in [1.807, 2.05) is 13.0 Å². The van der Waals surface area contributed by atoms with E-state index in [0.717, 1.165) is 11.3 Å². The lowest BCUT2D eigenvalue weighted by molar-refractivity contribution is 0.0949. The van der Waals surface area contributed by atoms with Crippen molar-refractivity contribution in [2.24, 2.45) is 7.05 Å². The number of carbonyl (C=O) groups is 2. The molecule has 132 valence electrons. The minimum Gasteiger partial charge on any atom is -0.348 e. The highest BCUT2D eigenvalue weighted by Gasteiger charge is 2.13. The van der Waals surface area contributed by atoms with Crippen LogP contribution in [0.25, 0.3) is 0 Å². The molecule has 0 unspecified atom stereocenters. The molecule has 0 aliphatic carbocycles. The van der Waals surface area contributed by atoms with Gasteiger partial charge in [0.25, 0.3) is 11.8 Å². The maximum absolute atomic E-state index is 12.3. The summed E-state index contributed by atoms with van der Waals surface area (Å²) in [6, 6.07) is 10.6. The molecule has 0 radical (unpaired) electrons. The zero-order chi connectivity index (χ0) is 18.5. The molecule has 2 amide bonds. The summed E-state index contributed by atoms with van der Waals surface area (Å²) in [7, 11) is 1.79. The summed E-state index contributed by atoms with van der Waals surface area (Å²) in [5.74, 6) is -0.408. The molecule has 0 saturated carbocycles. The van der Waals surface area contributed by atoms with E-state index < -0.39 is 0 Å². The van der Waals surface area contributed by atoms with Crippen LogP contribution in [0.3, 0.4) is 0 Å². The lowest BCUT2D eigenvalue weighted by atomic mass is 10.1. The van der Waals surface area contributed by atoms with Gasteiger partial charge in [-0.25, -0.2) is 0 Å². The van der Waals surface area contributed by atoms with Crippen LogP contribution in [0.2, 0.25) is 0 Å². The predicted octanol–water partition coefficient (Wildman–Crippen LogP) is 2.31. The Morgan fingerprint density at radius 2 is 1.88 bits per heavy atom. The van der Waals surface area contributed by atoms with Crippen LogP contribution in [0.1, 0.15) is 32.0 Å². The molecule has 2 N–H and O–H groups in total. The van der Waals surface area contributed by atoms with Gasteiger partial charge in [0.05, 0.1) is 11.8 Å². The monoisotopic (exact) mass is 349 g/mol. The lowest BCUT2D eigenvalue weighted by Gasteiger charge is -2.08. The first-order valence-corrected chi connectivity index (χ1v) is 8.11. The number of anilines is 1. The van der Waals surface area contributed by atoms with Crippen LogP contribution in [0, 0.1) is 6.92 Å². The van der Waals surface area contributed by atoms with Crippen molar-refractivity contribution in [1.82, 2.24) is 20.1 Å². The number of carbonyl (C=O) groups excluding carboxylic acids is 2. The van der Waals surface area contributed by atoms with E-state index in [4.69, 9.17) is 0 Å². The number of nitrogens with zero attached hydrogens (tertiary/aromatic N) is 3. The first-order valence-electron chi connectivity index (χ1n) is 8.11. The highest BCUT2D eigenvalue weighted by molar-refractivity contribution is 6.04. The fourth-order valence-electron chi connectivity index (χ4n) is 2.46. The van der Waals surface area contributed by atoms with E-state index in [1.54, 1.807) is 60.7 Å². The van der Waals surface area contributed by atoms with Crippen LogP contribution < -0.4 is 10.6 Å². The van der Waals surface area contributed by atoms with Crippen LogP contribution in [-0.4, -0.2) is 26.6 Å². The van der Waals surface area contributed by atoms with Gasteiger partial charge < -0.3 is 10.6 Å². The molecular weight excluding hydrogens is 330 g/mol. The number of amides is 2. The lowest BCUT2D eigenvalue weighted by Crippen LogP contribution is -2.23. The first kappa shape index (κ1) is 17.3. The molecule has 0 fully saturated rings. The molecule has 0 spiro atoms. The van der Waals surface area contributed by atoms with E-state index in [0.29, 0.717) is 23.4 Å². The number of rotatable bonds is 5. The van der Waals surface area contributed by atoms with Crippen LogP contribution in [-0.2, 0) is 13.6 Å². The van der Waals surface area contributed by atoms with Crippen LogP contribution in [0.4, 0.5) is 5.69 Å². The standard InChI is InChI=1S/C19H19N5O2/c1-13-17(12-22-24(13)2)19(26)21-11-14-4-3-5-15(10-14)18(25)23-16-6-8-20-9-7-16/h3-10,12H,11H2,1-2H3,(H,21,26)(H,20,23,25). The van der Waals surface area contributed by atoms with Gasteiger partial charge in [0, 0.05) is 42.9 Å². The molecule has 1 aromatic carbocycles. The van der Waals surface area contributed by atoms with Crippen molar-refractivity contribution in [2.75, 3.05) is 5.32 Å². The Labute approximate surface area is 151 Å². The maximum Gasteiger partial charge on any atom is 0.255 e. The molecule has 2 heterocycles. The summed E-state index contributed by atoms with van der Waals surface area (Å²) in [6.07, 6.45) is 4.77. The summed E-state index contributed by atoms with van der Waals surface area (Å²) in [4.78, 5) is 28.5. The summed E-state index contributed by atoms with van der Waals surface area (Å²) in [6.45, 7) is 2.16. The second kappa shape index (κ2) is 7.60. The highest BCUT2D eigenvalue weighted by atomic mass is 16.2. The number of nitrogens with one attached hydrogen (secondary N) is 2. The molecule has 2 aromatic heterocycles. The number of hydrogen-bond donors (Lipinski definition) is 2. The van der Waals surface area contributed by atoms with Crippen molar-refractivity contribution in [3.63, 3.8) is 0 Å². The molecule has 7 nitrogen and oxygen atoms in total. The summed E-state index contributed by atoms with van der Waals surface area (Å²) < 4.78 is 1.65. The third-order valence-electron chi connectivity index (χ3n) is 4.06. The second-order valence-corrected chi connectivity index (χ2v) is 5.84. The summed E-state index contributed by atoms with van der Waals surface area (Å²) >= 11 is 0. The number of pyridine rings is 1. The Morgan fingerprint density at radius 1 is 1.12 bits per heavy atom. The van der Waals surface area contributed by atoms with E-state index >= 15 is 0 Å². The number of benzene rings is 1. The minimum atomic E-state index is -0.215. The van der Waals surface area contributed by atoms with Crippen molar-refractivity contribution in [2.45, 2.75) is 13.5 Å². The smallest absolute Gasteiger partial charge is 0.255 e. The van der Waals surface area contributed by atoms with Gasteiger partial charge in [-0.3, -0.25) is 19.3 Å². The van der Waals surface area contributed by atoms with Crippen LogP contribution in [0.15, 0.2) is 55.0 Å². The van der Waals surface area contributed by atoms with Gasteiger partial charge in [-0.15, -0.1) is 0 Å². The van der Waals surface area contributed by atoms with Crippen molar-refractivity contribution >= 4 is 17.5 Å². The highest BCUT2D eigenvalue weighted by Crippen LogP contribution is 2.11. The molecule has 0 aliphatic heterocycles. The zero-order valence-electron chi connectivity index (χ0n) is 14.6. The number of hydrogen-bond acceptors (Lipinski definition) is 4. The Hall–Kier alpha value is -3.48. The van der Waals surface area contributed by atoms with E-state index in [-0.39, 0.29) is 11.8 Å². The quantitative estimate of drug-likeness (QED) is 0.740. The maximum atomic E-state index is 12.3. The Morgan fingerprint density at radius 3 is 2.58 bits per heavy atom.